The smallest absolute Gasteiger partial charge is 0.214 e. The minimum Gasteiger partial charge on any atom is -0.478 e. The maximum absolute atomic E-state index is 10.3. The molecule has 16 heavy (non-hydrogen) atoms. The number of carbonyl (C=O) groups is 1. The molecule has 1 aromatic rings. The zero-order valence-corrected chi connectivity index (χ0v) is 8.85. The van der Waals surface area contributed by atoms with Crippen molar-refractivity contribution in [1.82, 2.24) is 4.98 Å². The fraction of sp³-hybridized carbons (Fsp3) is 0.250. The Hall–Kier alpha value is -2.15. The molecule has 1 rings (SSSR count). The third kappa shape index (κ3) is 3.93. The summed E-state index contributed by atoms with van der Waals surface area (Å²) in [7, 11) is 0. The van der Waals surface area contributed by atoms with Crippen LogP contribution in [0, 0.1) is 11.3 Å². The Morgan fingerprint density at radius 3 is 3.19 bits per heavy atom. The summed E-state index contributed by atoms with van der Waals surface area (Å²) in [5, 5.41) is 8.65. The Balaban J connectivity index is 2.35. The van der Waals surface area contributed by atoms with E-state index in [-0.39, 0.29) is 0 Å². The first kappa shape index (κ1) is 11.9. The van der Waals surface area contributed by atoms with Crippen molar-refractivity contribution in [2.45, 2.75) is 12.8 Å². The third-order valence-electron chi connectivity index (χ3n) is 1.92. The molecule has 1 aromatic heterocycles. The number of pyridine rings is 1. The Kier molecular flexibility index (Phi) is 4.74. The minimum absolute atomic E-state index is 0.427. The van der Waals surface area contributed by atoms with E-state index in [4.69, 9.17) is 10.00 Å². The maximum Gasteiger partial charge on any atom is 0.214 e. The summed E-state index contributed by atoms with van der Waals surface area (Å²) in [5.74, 6) is 0.427. The number of hydrogen-bond acceptors (Lipinski definition) is 4. The summed E-state index contributed by atoms with van der Waals surface area (Å²) in [4.78, 5) is 14.2. The van der Waals surface area contributed by atoms with Gasteiger partial charge in [0.2, 0.25) is 5.88 Å². The van der Waals surface area contributed by atoms with Crippen LogP contribution < -0.4 is 4.74 Å². The van der Waals surface area contributed by atoms with E-state index in [2.05, 4.69) is 11.6 Å². The van der Waals surface area contributed by atoms with Gasteiger partial charge in [-0.05, 0) is 24.5 Å². The predicted molar refractivity (Wildman–Crippen MR) is 58.9 cm³/mol. The maximum atomic E-state index is 10.3. The molecule has 0 saturated carbocycles. The lowest BCUT2D eigenvalue weighted by molar-refractivity contribution is -0.105. The van der Waals surface area contributed by atoms with Gasteiger partial charge in [-0.3, -0.25) is 4.79 Å². The van der Waals surface area contributed by atoms with Crippen LogP contribution in [0.25, 0.3) is 0 Å². The Morgan fingerprint density at radius 1 is 1.69 bits per heavy atom. The fourth-order valence-corrected chi connectivity index (χ4v) is 1.09. The van der Waals surface area contributed by atoms with Gasteiger partial charge in [-0.1, -0.05) is 6.58 Å². The zero-order chi connectivity index (χ0) is 11.8. The number of ether oxygens (including phenoxy) is 1. The highest BCUT2D eigenvalue weighted by atomic mass is 16.5. The monoisotopic (exact) mass is 216 g/mol. The second-order valence-electron chi connectivity index (χ2n) is 3.22. The molecular weight excluding hydrogens is 204 g/mol. The second kappa shape index (κ2) is 6.36. The lowest BCUT2D eigenvalue weighted by Crippen LogP contribution is -2.00. The van der Waals surface area contributed by atoms with Gasteiger partial charge in [0.1, 0.15) is 6.29 Å². The molecule has 0 radical (unpaired) electrons. The quantitative estimate of drug-likeness (QED) is 0.413. The van der Waals surface area contributed by atoms with E-state index in [0.29, 0.717) is 36.5 Å². The van der Waals surface area contributed by atoms with Gasteiger partial charge in [0.15, 0.2) is 0 Å². The van der Waals surface area contributed by atoms with E-state index >= 15 is 0 Å². The highest BCUT2D eigenvalue weighted by molar-refractivity contribution is 5.71. The molecule has 0 saturated heterocycles. The molecule has 0 aliphatic carbocycles. The summed E-state index contributed by atoms with van der Waals surface area (Å²) in [6.07, 6.45) is 3.59. The molecule has 0 aromatic carbocycles. The fourth-order valence-electron chi connectivity index (χ4n) is 1.09. The normalized spacial score (nSPS) is 9.19. The van der Waals surface area contributed by atoms with Gasteiger partial charge < -0.3 is 4.74 Å². The van der Waals surface area contributed by atoms with Crippen LogP contribution in [0.1, 0.15) is 18.4 Å². The lowest BCUT2D eigenvalue weighted by atomic mass is 10.2. The molecule has 0 spiro atoms. The topological polar surface area (TPSA) is 63.0 Å². The molecule has 0 bridgehead atoms. The Morgan fingerprint density at radius 2 is 2.50 bits per heavy atom. The van der Waals surface area contributed by atoms with Crippen molar-refractivity contribution in [3.8, 4) is 11.9 Å². The minimum atomic E-state index is 0.427. The molecule has 0 fully saturated rings. The standard InChI is InChI=1S/C12H12N2O2/c1-10(9-15)3-2-6-16-12-7-11(8-13)4-5-14-12/h4-5,7,9H,1-3,6H2. The molecule has 0 aliphatic rings. The van der Waals surface area contributed by atoms with Gasteiger partial charge in [-0.2, -0.15) is 5.26 Å². The van der Waals surface area contributed by atoms with E-state index < -0.39 is 0 Å². The number of rotatable bonds is 6. The average Bonchev–Trinajstić information content (AvgIpc) is 2.34. The van der Waals surface area contributed by atoms with Gasteiger partial charge in [-0.25, -0.2) is 4.98 Å². The number of nitriles is 1. The van der Waals surface area contributed by atoms with Crippen LogP contribution in [-0.4, -0.2) is 17.9 Å². The van der Waals surface area contributed by atoms with Gasteiger partial charge in [-0.15, -0.1) is 0 Å². The number of aldehydes is 1. The molecule has 0 atom stereocenters. The molecule has 0 amide bonds. The van der Waals surface area contributed by atoms with E-state index in [1.807, 2.05) is 6.07 Å². The molecule has 1 heterocycles. The molecule has 0 N–H and O–H groups in total. The van der Waals surface area contributed by atoms with Crippen molar-refractivity contribution < 1.29 is 9.53 Å². The number of hydrogen-bond donors (Lipinski definition) is 0. The van der Waals surface area contributed by atoms with E-state index in [1.54, 1.807) is 12.1 Å². The van der Waals surface area contributed by atoms with Crippen LogP contribution in [-0.2, 0) is 4.79 Å². The summed E-state index contributed by atoms with van der Waals surface area (Å²) >= 11 is 0. The number of allylic oxidation sites excluding steroid dienone is 1. The molecule has 0 aliphatic heterocycles. The van der Waals surface area contributed by atoms with Crippen molar-refractivity contribution >= 4 is 6.29 Å². The molecule has 4 heteroatoms. The first-order chi connectivity index (χ1) is 7.76. The number of carbonyl (C=O) groups excluding carboxylic acids is 1. The second-order valence-corrected chi connectivity index (χ2v) is 3.22. The molecule has 0 unspecified atom stereocenters. The van der Waals surface area contributed by atoms with Crippen molar-refractivity contribution in [2.75, 3.05) is 6.61 Å². The summed E-state index contributed by atoms with van der Waals surface area (Å²) in [5.41, 5.74) is 1.07. The predicted octanol–water partition coefficient (Wildman–Crippen LogP) is 1.87. The third-order valence-corrected chi connectivity index (χ3v) is 1.92. The van der Waals surface area contributed by atoms with Crippen molar-refractivity contribution in [3.05, 3.63) is 36.0 Å². The first-order valence-electron chi connectivity index (χ1n) is 4.88. The summed E-state index contributed by atoms with van der Waals surface area (Å²) < 4.78 is 5.32. The van der Waals surface area contributed by atoms with E-state index in [0.717, 1.165) is 6.29 Å². The SMILES string of the molecule is C=C(C=O)CCCOc1cc(C#N)ccn1. The lowest BCUT2D eigenvalue weighted by Gasteiger charge is -2.04. The number of nitrogens with zero attached hydrogens (tertiary/aromatic N) is 2. The first-order valence-corrected chi connectivity index (χ1v) is 4.88. The van der Waals surface area contributed by atoms with Gasteiger partial charge >= 0.3 is 0 Å². The highest BCUT2D eigenvalue weighted by Gasteiger charge is 1.98. The van der Waals surface area contributed by atoms with Crippen LogP contribution in [0.3, 0.4) is 0 Å². The van der Waals surface area contributed by atoms with Crippen LogP contribution in [0.15, 0.2) is 30.5 Å². The van der Waals surface area contributed by atoms with Gasteiger partial charge in [0, 0.05) is 12.3 Å². The van der Waals surface area contributed by atoms with E-state index in [1.165, 1.54) is 6.20 Å². The highest BCUT2D eigenvalue weighted by Crippen LogP contribution is 2.09. The van der Waals surface area contributed by atoms with E-state index in [9.17, 15) is 4.79 Å². The van der Waals surface area contributed by atoms with Crippen molar-refractivity contribution in [3.63, 3.8) is 0 Å². The average molecular weight is 216 g/mol. The van der Waals surface area contributed by atoms with Crippen molar-refractivity contribution in [1.29, 1.82) is 5.26 Å². The number of aromatic nitrogens is 1. The van der Waals surface area contributed by atoms with Gasteiger partial charge in [0.25, 0.3) is 0 Å². The molecular formula is C12H12N2O2. The van der Waals surface area contributed by atoms with Crippen LogP contribution in [0.5, 0.6) is 5.88 Å². The van der Waals surface area contributed by atoms with Crippen molar-refractivity contribution in [2.24, 2.45) is 0 Å². The summed E-state index contributed by atoms with van der Waals surface area (Å²) in [6, 6.07) is 5.19. The zero-order valence-electron chi connectivity index (χ0n) is 8.85. The van der Waals surface area contributed by atoms with Crippen LogP contribution in [0.2, 0.25) is 0 Å². The molecule has 4 nitrogen and oxygen atoms in total. The molecule has 82 valence electrons. The Bertz CT molecular complexity index is 421. The summed E-state index contributed by atoms with van der Waals surface area (Å²) in [6.45, 7) is 4.02. The van der Waals surface area contributed by atoms with Gasteiger partial charge in [0.05, 0.1) is 18.2 Å². The Labute approximate surface area is 94.2 Å². The van der Waals surface area contributed by atoms with Crippen LogP contribution >= 0.6 is 0 Å². The largest absolute Gasteiger partial charge is 0.478 e. The van der Waals surface area contributed by atoms with Crippen LogP contribution in [0.4, 0.5) is 0 Å².